The van der Waals surface area contributed by atoms with Gasteiger partial charge in [0.2, 0.25) is 0 Å². The van der Waals surface area contributed by atoms with Gasteiger partial charge in [0, 0.05) is 37.1 Å². The molecule has 38 heavy (non-hydrogen) atoms. The quantitative estimate of drug-likeness (QED) is 0.401. The molecule has 1 amide bonds. The van der Waals surface area contributed by atoms with Crippen molar-refractivity contribution in [2.75, 3.05) is 20.2 Å². The lowest BCUT2D eigenvalue weighted by Crippen LogP contribution is -2.50. The minimum absolute atomic E-state index is 0.00473. The number of fused-ring (bicyclic) bond motifs is 2. The molecule has 2 aliphatic rings. The van der Waals surface area contributed by atoms with Crippen molar-refractivity contribution in [1.82, 2.24) is 24.0 Å². The second kappa shape index (κ2) is 9.30. The second-order valence-corrected chi connectivity index (χ2v) is 10.4. The number of carbonyl (C=O) groups is 1. The number of imidazole rings is 1. The van der Waals surface area contributed by atoms with Crippen molar-refractivity contribution in [1.29, 1.82) is 0 Å². The molecule has 1 aliphatic heterocycles. The number of nitrogens with zero attached hydrogens (tertiary/aromatic N) is 5. The molecule has 200 valence electrons. The minimum atomic E-state index is -2.66. The summed E-state index contributed by atoms with van der Waals surface area (Å²) in [5.74, 6) is 1.18. The van der Waals surface area contributed by atoms with E-state index in [-0.39, 0.29) is 31.1 Å². The normalized spacial score (nSPS) is 20.1. The van der Waals surface area contributed by atoms with Crippen LogP contribution in [0.2, 0.25) is 0 Å². The summed E-state index contributed by atoms with van der Waals surface area (Å²) in [6, 6.07) is 7.83. The third kappa shape index (κ3) is 4.28. The molecule has 3 aromatic heterocycles. The van der Waals surface area contributed by atoms with Crippen LogP contribution in [-0.4, -0.2) is 62.3 Å². The molecule has 1 saturated carbocycles. The number of hydrogen-bond donors (Lipinski definition) is 1. The lowest BCUT2D eigenvalue weighted by Gasteiger charge is -2.33. The lowest BCUT2D eigenvalue weighted by molar-refractivity contribution is 0.0606. The monoisotopic (exact) mass is 526 g/mol. The smallest absolute Gasteiger partial charge is 0.280 e. The van der Waals surface area contributed by atoms with Gasteiger partial charge in [0.25, 0.3) is 12.3 Å². The number of ether oxygens (including phenoxy) is 1. The van der Waals surface area contributed by atoms with Crippen LogP contribution in [-0.2, 0) is 13.6 Å². The Morgan fingerprint density at radius 2 is 1.97 bits per heavy atom. The van der Waals surface area contributed by atoms with E-state index in [0.29, 0.717) is 46.3 Å². The molecule has 1 saturated heterocycles. The fourth-order valence-electron chi connectivity index (χ4n) is 5.43. The number of likely N-dealkylation sites (tertiary alicyclic amines) is 1. The number of hydrogen-bond acceptors (Lipinski definition) is 5. The third-order valence-corrected chi connectivity index (χ3v) is 7.48. The van der Waals surface area contributed by atoms with E-state index in [2.05, 4.69) is 4.98 Å². The maximum atomic E-state index is 14.1. The molecule has 6 rings (SSSR count). The summed E-state index contributed by atoms with van der Waals surface area (Å²) in [7, 11) is 3.37. The highest BCUT2D eigenvalue weighted by Crippen LogP contribution is 2.38. The van der Waals surface area contributed by atoms with Gasteiger partial charge in [-0.25, -0.2) is 23.1 Å². The average Bonchev–Trinajstić information content (AvgIpc) is 3.56. The first-order chi connectivity index (χ1) is 18.2. The van der Waals surface area contributed by atoms with E-state index in [1.165, 1.54) is 18.1 Å². The van der Waals surface area contributed by atoms with E-state index in [1.54, 1.807) is 18.2 Å². The summed E-state index contributed by atoms with van der Waals surface area (Å²) in [6.07, 6.45) is -1.43. The first kappa shape index (κ1) is 24.7. The molecular formula is C27H29F3N6O2. The second-order valence-electron chi connectivity index (χ2n) is 10.4. The average molecular weight is 527 g/mol. The van der Waals surface area contributed by atoms with Gasteiger partial charge in [0.05, 0.1) is 24.9 Å². The number of aromatic nitrogens is 4. The molecule has 1 aliphatic carbocycles. The van der Waals surface area contributed by atoms with Crippen molar-refractivity contribution < 1.29 is 22.7 Å². The van der Waals surface area contributed by atoms with E-state index >= 15 is 0 Å². The summed E-state index contributed by atoms with van der Waals surface area (Å²) < 4.78 is 50.5. The highest BCUT2D eigenvalue weighted by atomic mass is 19.3. The molecule has 2 atom stereocenters. The molecule has 0 bridgehead atoms. The summed E-state index contributed by atoms with van der Waals surface area (Å²) in [6.45, 7) is 0.930. The Hall–Kier alpha value is -3.60. The predicted octanol–water partition coefficient (Wildman–Crippen LogP) is 4.46. The van der Waals surface area contributed by atoms with E-state index < -0.39 is 18.6 Å². The number of aryl methyl sites for hydroxylation is 1. The molecule has 1 aromatic carbocycles. The van der Waals surface area contributed by atoms with Gasteiger partial charge in [0.15, 0.2) is 5.82 Å². The van der Waals surface area contributed by atoms with Crippen LogP contribution in [0.4, 0.5) is 13.2 Å². The van der Waals surface area contributed by atoms with Crippen LogP contribution in [0.25, 0.3) is 33.6 Å². The van der Waals surface area contributed by atoms with Crippen molar-refractivity contribution in [3.8, 4) is 17.3 Å². The van der Waals surface area contributed by atoms with Gasteiger partial charge in [-0.1, -0.05) is 0 Å². The van der Waals surface area contributed by atoms with Gasteiger partial charge in [-0.05, 0) is 55.5 Å². The summed E-state index contributed by atoms with van der Waals surface area (Å²) >= 11 is 0. The van der Waals surface area contributed by atoms with E-state index in [1.807, 2.05) is 22.2 Å². The molecule has 0 unspecified atom stereocenters. The van der Waals surface area contributed by atoms with Crippen molar-refractivity contribution in [2.24, 2.45) is 18.7 Å². The molecule has 0 radical (unpaired) electrons. The molecule has 11 heteroatoms. The van der Waals surface area contributed by atoms with Crippen LogP contribution >= 0.6 is 0 Å². The Bertz CT molecular complexity index is 1530. The van der Waals surface area contributed by atoms with E-state index in [0.717, 1.165) is 23.9 Å². The van der Waals surface area contributed by atoms with Crippen LogP contribution in [0.3, 0.4) is 0 Å². The van der Waals surface area contributed by atoms with Crippen LogP contribution in [0, 0.1) is 5.92 Å². The lowest BCUT2D eigenvalue weighted by atomic mass is 10.0. The minimum Gasteiger partial charge on any atom is -0.494 e. The number of amides is 1. The van der Waals surface area contributed by atoms with Crippen molar-refractivity contribution in [2.45, 2.75) is 44.4 Å². The number of alkyl halides is 3. The molecule has 2 fully saturated rings. The fourth-order valence-corrected chi connectivity index (χ4v) is 5.43. The van der Waals surface area contributed by atoms with Crippen LogP contribution < -0.4 is 10.5 Å². The highest BCUT2D eigenvalue weighted by molar-refractivity contribution is 6.00. The summed E-state index contributed by atoms with van der Waals surface area (Å²) in [4.78, 5) is 23.9. The number of carbonyl (C=O) groups excluding carboxylic acids is 1. The predicted molar refractivity (Wildman–Crippen MR) is 137 cm³/mol. The molecular weight excluding hydrogens is 497 g/mol. The topological polar surface area (TPSA) is 91.2 Å². The maximum Gasteiger partial charge on any atom is 0.280 e. The van der Waals surface area contributed by atoms with E-state index in [4.69, 9.17) is 15.5 Å². The standard InChI is InChI=1S/C27H29F3N6O2/c1-34-23-20(7-16(9-22(23)38-2)27(37)35-12-17(28)10-18(31)13-35)33-26(34)21-8-15-5-6-19(24(29)30)32-25(15)36(21)11-14-3-4-14/h5-9,14,17-18,24H,3-4,10-13,31H2,1-2H3/t17-,18-/m1/s1. The van der Waals surface area contributed by atoms with Crippen LogP contribution in [0.1, 0.15) is 41.7 Å². The Morgan fingerprint density at radius 3 is 2.66 bits per heavy atom. The van der Waals surface area contributed by atoms with Crippen LogP contribution in [0.15, 0.2) is 30.3 Å². The zero-order chi connectivity index (χ0) is 26.7. The Kier molecular flexibility index (Phi) is 6.05. The molecule has 4 aromatic rings. The Morgan fingerprint density at radius 1 is 1.18 bits per heavy atom. The molecule has 4 heterocycles. The summed E-state index contributed by atoms with van der Waals surface area (Å²) in [5.41, 5.74) is 8.50. The Labute approximate surface area is 217 Å². The number of nitrogens with two attached hydrogens (primary N) is 1. The molecule has 8 nitrogen and oxygen atoms in total. The van der Waals surface area contributed by atoms with Gasteiger partial charge in [0.1, 0.15) is 28.8 Å². The van der Waals surface area contributed by atoms with Gasteiger partial charge in [-0.15, -0.1) is 0 Å². The number of pyridine rings is 1. The first-order valence-electron chi connectivity index (χ1n) is 12.8. The van der Waals surface area contributed by atoms with Gasteiger partial charge in [-0.2, -0.15) is 0 Å². The van der Waals surface area contributed by atoms with Gasteiger partial charge in [-0.3, -0.25) is 4.79 Å². The van der Waals surface area contributed by atoms with Gasteiger partial charge < -0.3 is 24.5 Å². The van der Waals surface area contributed by atoms with Crippen molar-refractivity contribution in [3.63, 3.8) is 0 Å². The molecule has 2 N–H and O–H groups in total. The van der Waals surface area contributed by atoms with Crippen molar-refractivity contribution in [3.05, 3.63) is 41.6 Å². The number of benzene rings is 1. The molecule has 0 spiro atoms. The summed E-state index contributed by atoms with van der Waals surface area (Å²) in [5, 5.41) is 0.752. The van der Waals surface area contributed by atoms with E-state index in [9.17, 15) is 18.0 Å². The largest absolute Gasteiger partial charge is 0.494 e. The van der Waals surface area contributed by atoms with Gasteiger partial charge >= 0.3 is 0 Å². The number of methoxy groups -OCH3 is 1. The first-order valence-corrected chi connectivity index (χ1v) is 12.8. The van der Waals surface area contributed by atoms with Crippen molar-refractivity contribution >= 4 is 28.0 Å². The maximum absolute atomic E-state index is 14.1. The number of piperidine rings is 1. The SMILES string of the molecule is COc1cc(C(=O)N2C[C@H](N)C[C@@H](F)C2)cc2nc(-c3cc4ccc(C(F)F)nc4n3CC3CC3)n(C)c12. The highest BCUT2D eigenvalue weighted by Gasteiger charge is 2.30. The number of halogens is 3. The zero-order valence-electron chi connectivity index (χ0n) is 21.2. The Balaban J connectivity index is 1.47. The van der Waals surface area contributed by atoms with Crippen LogP contribution in [0.5, 0.6) is 5.75 Å². The third-order valence-electron chi connectivity index (χ3n) is 7.48. The zero-order valence-corrected chi connectivity index (χ0v) is 21.2. The number of rotatable bonds is 6. The fraction of sp³-hybridized carbons (Fsp3) is 0.444.